The molecule has 6 rings (SSSR count). The molecule has 1 saturated heterocycles. The summed E-state index contributed by atoms with van der Waals surface area (Å²) in [5, 5.41) is 4.62. The van der Waals surface area contributed by atoms with E-state index in [1.54, 1.807) is 6.20 Å². The number of aromatic amines is 1. The van der Waals surface area contributed by atoms with Gasteiger partial charge in [-0.25, -0.2) is 9.97 Å². The molecule has 154 valence electrons. The normalized spacial score (nSPS) is 14.4. The summed E-state index contributed by atoms with van der Waals surface area (Å²) in [6.45, 7) is 3.41. The molecule has 0 radical (unpaired) electrons. The van der Waals surface area contributed by atoms with Crippen molar-refractivity contribution in [3.05, 3.63) is 73.2 Å². The van der Waals surface area contributed by atoms with Crippen LogP contribution in [-0.4, -0.2) is 45.7 Å². The number of anilines is 3. The number of hydrogen-bond acceptors (Lipinski definition) is 5. The molecule has 2 aromatic carbocycles. The predicted octanol–water partition coefficient (Wildman–Crippen LogP) is 4.46. The molecule has 0 unspecified atom stereocenters. The van der Waals surface area contributed by atoms with Gasteiger partial charge in [0.2, 0.25) is 0 Å². The minimum absolute atomic E-state index is 0.722. The van der Waals surface area contributed by atoms with Crippen molar-refractivity contribution in [2.45, 2.75) is 0 Å². The van der Waals surface area contributed by atoms with Gasteiger partial charge in [0.1, 0.15) is 5.69 Å². The van der Waals surface area contributed by atoms with Crippen LogP contribution < -0.4 is 10.2 Å². The first-order valence-corrected chi connectivity index (χ1v) is 10.5. The van der Waals surface area contributed by atoms with Gasteiger partial charge in [-0.1, -0.05) is 18.2 Å². The number of fused-ring (bicyclic) bond motifs is 2. The summed E-state index contributed by atoms with van der Waals surface area (Å²) < 4.78 is 7.45. The largest absolute Gasteiger partial charge is 0.378 e. The fourth-order valence-corrected chi connectivity index (χ4v) is 4.07. The zero-order valence-corrected chi connectivity index (χ0v) is 17.0. The Kier molecular flexibility index (Phi) is 4.32. The Balaban J connectivity index is 1.34. The van der Waals surface area contributed by atoms with E-state index in [0.29, 0.717) is 0 Å². The number of aromatic nitrogens is 4. The molecule has 4 heterocycles. The molecule has 0 atom stereocenters. The number of nitrogens with zero attached hydrogens (tertiary/aromatic N) is 4. The molecule has 1 aliphatic rings. The van der Waals surface area contributed by atoms with Gasteiger partial charge in [0.05, 0.1) is 18.9 Å². The van der Waals surface area contributed by atoms with Crippen molar-refractivity contribution in [2.75, 3.05) is 36.5 Å². The fourth-order valence-electron chi connectivity index (χ4n) is 4.07. The Hall–Kier alpha value is -3.84. The van der Waals surface area contributed by atoms with E-state index in [2.05, 4.69) is 62.6 Å². The van der Waals surface area contributed by atoms with Gasteiger partial charge in [-0.3, -0.25) is 0 Å². The van der Waals surface area contributed by atoms with Gasteiger partial charge in [-0.15, -0.1) is 0 Å². The minimum atomic E-state index is 0.722. The van der Waals surface area contributed by atoms with Crippen molar-refractivity contribution in [3.8, 4) is 11.4 Å². The highest BCUT2D eigenvalue weighted by molar-refractivity contribution is 5.85. The van der Waals surface area contributed by atoms with Crippen LogP contribution in [0.25, 0.3) is 27.9 Å². The second kappa shape index (κ2) is 7.45. The van der Waals surface area contributed by atoms with Crippen molar-refractivity contribution in [2.24, 2.45) is 0 Å². The average Bonchev–Trinajstić information content (AvgIpc) is 3.47. The number of benzene rings is 2. The highest BCUT2D eigenvalue weighted by Gasteiger charge is 2.13. The summed E-state index contributed by atoms with van der Waals surface area (Å²) in [6.07, 6.45) is 5.73. The fraction of sp³-hybridized carbons (Fsp3) is 0.167. The summed E-state index contributed by atoms with van der Waals surface area (Å²) in [4.78, 5) is 15.2. The molecule has 0 spiro atoms. The number of nitrogens with one attached hydrogen (secondary N) is 2. The lowest BCUT2D eigenvalue weighted by molar-refractivity contribution is 0.122. The van der Waals surface area contributed by atoms with Gasteiger partial charge < -0.3 is 24.3 Å². The maximum Gasteiger partial charge on any atom is 0.180 e. The third-order valence-electron chi connectivity index (χ3n) is 5.69. The van der Waals surface area contributed by atoms with Gasteiger partial charge >= 0.3 is 0 Å². The molecule has 2 N–H and O–H groups in total. The van der Waals surface area contributed by atoms with Crippen LogP contribution in [0.5, 0.6) is 0 Å². The van der Waals surface area contributed by atoms with Crippen LogP contribution in [0.3, 0.4) is 0 Å². The Morgan fingerprint density at radius 2 is 1.84 bits per heavy atom. The molecular weight excluding hydrogens is 388 g/mol. The third kappa shape index (κ3) is 3.39. The van der Waals surface area contributed by atoms with E-state index in [9.17, 15) is 0 Å². The second-order valence-electron chi connectivity index (χ2n) is 7.67. The van der Waals surface area contributed by atoms with E-state index in [1.807, 2.05) is 28.9 Å². The number of imidazole rings is 1. The first kappa shape index (κ1) is 18.0. The minimum Gasteiger partial charge on any atom is -0.378 e. The molecular formula is C24H22N6O. The first-order valence-electron chi connectivity index (χ1n) is 10.5. The maximum atomic E-state index is 5.45. The quantitative estimate of drug-likeness (QED) is 0.458. The van der Waals surface area contributed by atoms with E-state index < -0.39 is 0 Å². The Morgan fingerprint density at radius 1 is 1.00 bits per heavy atom. The zero-order valence-electron chi connectivity index (χ0n) is 17.0. The first-order chi connectivity index (χ1) is 15.3. The second-order valence-corrected chi connectivity index (χ2v) is 7.67. The number of ether oxygens (including phenoxy) is 1. The summed E-state index contributed by atoms with van der Waals surface area (Å²) in [5.74, 6) is 0.722. The number of morpholine rings is 1. The van der Waals surface area contributed by atoms with Crippen molar-refractivity contribution >= 4 is 33.7 Å². The monoisotopic (exact) mass is 410 g/mol. The van der Waals surface area contributed by atoms with E-state index in [0.717, 1.165) is 60.4 Å². The van der Waals surface area contributed by atoms with E-state index in [4.69, 9.17) is 9.72 Å². The van der Waals surface area contributed by atoms with E-state index in [1.165, 1.54) is 11.1 Å². The van der Waals surface area contributed by atoms with Crippen molar-refractivity contribution in [1.82, 2.24) is 19.4 Å². The summed E-state index contributed by atoms with van der Waals surface area (Å²) in [7, 11) is 0. The van der Waals surface area contributed by atoms with Crippen LogP contribution in [-0.2, 0) is 4.74 Å². The van der Waals surface area contributed by atoms with Gasteiger partial charge in [0, 0.05) is 54.0 Å². The molecule has 1 fully saturated rings. The Morgan fingerprint density at radius 3 is 2.68 bits per heavy atom. The molecule has 0 saturated carbocycles. The smallest absolute Gasteiger partial charge is 0.180 e. The summed E-state index contributed by atoms with van der Waals surface area (Å²) in [5.41, 5.74) is 5.90. The van der Waals surface area contributed by atoms with E-state index in [-0.39, 0.29) is 0 Å². The van der Waals surface area contributed by atoms with Crippen molar-refractivity contribution in [1.29, 1.82) is 0 Å². The standard InChI is InChI=1S/C24H22N6O/c1-2-4-20-17(3-1)15-21(27-20)22-16-30-10-9-25-24(30)23(28-22)26-18-5-7-19(8-6-18)29-11-13-31-14-12-29/h1-10,15-16,27H,11-14H2,(H,26,28). The van der Waals surface area contributed by atoms with Crippen LogP contribution >= 0.6 is 0 Å². The van der Waals surface area contributed by atoms with Gasteiger partial charge in [0.25, 0.3) is 0 Å². The molecule has 31 heavy (non-hydrogen) atoms. The maximum absolute atomic E-state index is 5.45. The van der Waals surface area contributed by atoms with Crippen molar-refractivity contribution in [3.63, 3.8) is 0 Å². The molecule has 0 bridgehead atoms. The lowest BCUT2D eigenvalue weighted by Gasteiger charge is -2.28. The van der Waals surface area contributed by atoms with Crippen molar-refractivity contribution < 1.29 is 4.74 Å². The van der Waals surface area contributed by atoms with Gasteiger partial charge in [-0.2, -0.15) is 0 Å². The summed E-state index contributed by atoms with van der Waals surface area (Å²) in [6, 6.07) is 18.8. The van der Waals surface area contributed by atoms with E-state index >= 15 is 0 Å². The molecule has 7 nitrogen and oxygen atoms in total. The molecule has 5 aromatic rings. The molecule has 1 aliphatic heterocycles. The van der Waals surface area contributed by atoms with Crippen LogP contribution in [0.15, 0.2) is 73.2 Å². The molecule has 0 aliphatic carbocycles. The van der Waals surface area contributed by atoms with Crippen LogP contribution in [0.1, 0.15) is 0 Å². The SMILES string of the molecule is c1ccc2[nH]c(-c3cn4ccnc4c(Nc4ccc(N5CCOCC5)cc4)n3)cc2c1. The topological polar surface area (TPSA) is 70.5 Å². The Bertz CT molecular complexity index is 1310. The number of para-hydroxylation sites is 1. The highest BCUT2D eigenvalue weighted by Crippen LogP contribution is 2.27. The van der Waals surface area contributed by atoms with Crippen LogP contribution in [0.2, 0.25) is 0 Å². The number of hydrogen-bond donors (Lipinski definition) is 2. The van der Waals surface area contributed by atoms with Crippen LogP contribution in [0.4, 0.5) is 17.2 Å². The molecule has 7 heteroatoms. The summed E-state index contributed by atoms with van der Waals surface area (Å²) >= 11 is 0. The average molecular weight is 410 g/mol. The molecule has 3 aromatic heterocycles. The Labute approximate surface area is 179 Å². The lowest BCUT2D eigenvalue weighted by atomic mass is 10.2. The highest BCUT2D eigenvalue weighted by atomic mass is 16.5. The van der Waals surface area contributed by atoms with Gasteiger partial charge in [0.15, 0.2) is 11.5 Å². The number of rotatable bonds is 4. The van der Waals surface area contributed by atoms with Crippen LogP contribution in [0, 0.1) is 0 Å². The zero-order chi connectivity index (χ0) is 20.6. The number of H-pyrrole nitrogens is 1. The lowest BCUT2D eigenvalue weighted by Crippen LogP contribution is -2.36. The third-order valence-corrected chi connectivity index (χ3v) is 5.69. The van der Waals surface area contributed by atoms with Gasteiger partial charge in [-0.05, 0) is 36.4 Å². The molecule has 0 amide bonds. The predicted molar refractivity (Wildman–Crippen MR) is 123 cm³/mol.